The fourth-order valence-corrected chi connectivity index (χ4v) is 3.54. The molecule has 2 atom stereocenters. The zero-order valence-electron chi connectivity index (χ0n) is 22.5. The molecule has 1 unspecified atom stereocenters. The van der Waals surface area contributed by atoms with Crippen molar-refractivity contribution in [2.45, 2.75) is 77.8 Å². The highest BCUT2D eigenvalue weighted by Gasteiger charge is 2.29. The normalized spacial score (nSPS) is 13.3. The van der Waals surface area contributed by atoms with Crippen molar-refractivity contribution in [3.05, 3.63) is 65.7 Å². The van der Waals surface area contributed by atoms with Gasteiger partial charge in [-0.15, -0.1) is 0 Å². The minimum absolute atomic E-state index is 0.152. The fourth-order valence-electron chi connectivity index (χ4n) is 3.54. The summed E-state index contributed by atoms with van der Waals surface area (Å²) in [5, 5.41) is 2.91. The monoisotopic (exact) mass is 499 g/mol. The first kappa shape index (κ1) is 29.0. The van der Waals surface area contributed by atoms with Gasteiger partial charge >= 0.3 is 12.2 Å². The Hall–Kier alpha value is -3.26. The molecule has 198 valence electrons. The molecule has 8 nitrogen and oxygen atoms in total. The molecule has 2 amide bonds. The molecule has 0 bridgehead atoms. The molecule has 3 N–H and O–H groups in total. The molecule has 0 aromatic heterocycles. The number of hydrogen-bond acceptors (Lipinski definition) is 6. The van der Waals surface area contributed by atoms with Crippen LogP contribution in [0.5, 0.6) is 5.75 Å². The van der Waals surface area contributed by atoms with E-state index < -0.39 is 35.5 Å². The summed E-state index contributed by atoms with van der Waals surface area (Å²) in [6.07, 6.45) is -0.574. The van der Waals surface area contributed by atoms with E-state index >= 15 is 0 Å². The third-order valence-electron chi connectivity index (χ3n) is 5.11. The van der Waals surface area contributed by atoms with Gasteiger partial charge < -0.3 is 30.2 Å². The molecule has 8 heteroatoms. The Labute approximate surface area is 215 Å². The first-order valence-electron chi connectivity index (χ1n) is 12.2. The lowest BCUT2D eigenvalue weighted by atomic mass is 9.99. The Bertz CT molecular complexity index is 983. The number of benzene rings is 2. The molecule has 0 saturated heterocycles. The van der Waals surface area contributed by atoms with Gasteiger partial charge in [-0.2, -0.15) is 0 Å². The van der Waals surface area contributed by atoms with Gasteiger partial charge in [0.2, 0.25) is 0 Å². The number of rotatable bonds is 9. The second-order valence-corrected chi connectivity index (χ2v) is 10.8. The lowest BCUT2D eigenvalue weighted by molar-refractivity contribution is 0.0212. The Balaban J connectivity index is 2.28. The SMILES string of the molecule is COc1cccc(CN(CC(N)[C@H](Cc2ccccc2)NC(=O)OC(C)(C)C)C(=O)OC(C)(C)C)c1. The number of alkyl carbamates (subject to hydrolysis) is 1. The number of methoxy groups -OCH3 is 1. The standard InChI is InChI=1S/C28H41N3O5/c1-27(2,3)35-25(32)30-24(17-20-12-9-8-10-13-20)23(29)19-31(26(33)36-28(4,5)6)18-21-14-11-15-22(16-21)34-7/h8-16,23-24H,17-19,29H2,1-7H3,(H,30,32)/t23?,24-/m0/s1. The van der Waals surface area contributed by atoms with Gasteiger partial charge in [-0.1, -0.05) is 42.5 Å². The van der Waals surface area contributed by atoms with Crippen LogP contribution in [0.1, 0.15) is 52.7 Å². The van der Waals surface area contributed by atoms with E-state index in [1.54, 1.807) is 32.8 Å². The summed E-state index contributed by atoms with van der Waals surface area (Å²) in [5.74, 6) is 0.689. The maximum absolute atomic E-state index is 13.1. The largest absolute Gasteiger partial charge is 0.497 e. The Morgan fingerprint density at radius 3 is 2.11 bits per heavy atom. The minimum atomic E-state index is -0.675. The van der Waals surface area contributed by atoms with E-state index in [1.807, 2.05) is 75.4 Å². The molecule has 0 aliphatic rings. The lowest BCUT2D eigenvalue weighted by Gasteiger charge is -2.33. The number of nitrogens with two attached hydrogens (primary N) is 1. The van der Waals surface area contributed by atoms with Crippen LogP contribution in [0.3, 0.4) is 0 Å². The number of amides is 2. The highest BCUT2D eigenvalue weighted by Crippen LogP contribution is 2.18. The van der Waals surface area contributed by atoms with E-state index in [2.05, 4.69) is 5.32 Å². The van der Waals surface area contributed by atoms with Crippen molar-refractivity contribution in [2.24, 2.45) is 5.73 Å². The lowest BCUT2D eigenvalue weighted by Crippen LogP contribution is -2.55. The van der Waals surface area contributed by atoms with Gasteiger partial charge in [-0.3, -0.25) is 0 Å². The molecule has 0 aliphatic heterocycles. The molecular weight excluding hydrogens is 458 g/mol. The van der Waals surface area contributed by atoms with Crippen molar-refractivity contribution in [1.29, 1.82) is 0 Å². The van der Waals surface area contributed by atoms with Crippen LogP contribution in [-0.4, -0.2) is 54.0 Å². The van der Waals surface area contributed by atoms with Crippen LogP contribution in [0.4, 0.5) is 9.59 Å². The quantitative estimate of drug-likeness (QED) is 0.509. The Morgan fingerprint density at radius 2 is 1.53 bits per heavy atom. The van der Waals surface area contributed by atoms with Crippen LogP contribution in [0.15, 0.2) is 54.6 Å². The predicted octanol–water partition coefficient (Wildman–Crippen LogP) is 4.90. The zero-order valence-corrected chi connectivity index (χ0v) is 22.5. The number of carbonyl (C=O) groups is 2. The van der Waals surface area contributed by atoms with Gasteiger partial charge in [0.15, 0.2) is 0 Å². The van der Waals surface area contributed by atoms with Gasteiger partial charge in [0.25, 0.3) is 0 Å². The molecule has 0 spiro atoms. The average molecular weight is 500 g/mol. The molecule has 0 radical (unpaired) electrons. The van der Waals surface area contributed by atoms with E-state index in [1.165, 1.54) is 0 Å². The summed E-state index contributed by atoms with van der Waals surface area (Å²) in [7, 11) is 1.59. The molecule has 2 rings (SSSR count). The molecular formula is C28H41N3O5. The number of nitrogens with zero attached hydrogens (tertiary/aromatic N) is 1. The summed E-state index contributed by atoms with van der Waals surface area (Å²) in [5.41, 5.74) is 7.19. The van der Waals surface area contributed by atoms with Crippen molar-refractivity contribution in [2.75, 3.05) is 13.7 Å². The maximum Gasteiger partial charge on any atom is 0.410 e. The summed E-state index contributed by atoms with van der Waals surface area (Å²) in [6.45, 7) is 11.3. The van der Waals surface area contributed by atoms with Crippen LogP contribution in [-0.2, 0) is 22.4 Å². The smallest absolute Gasteiger partial charge is 0.410 e. The van der Waals surface area contributed by atoms with Crippen LogP contribution >= 0.6 is 0 Å². The van der Waals surface area contributed by atoms with Crippen molar-refractivity contribution >= 4 is 12.2 Å². The summed E-state index contributed by atoms with van der Waals surface area (Å²) in [4.78, 5) is 27.3. The van der Waals surface area contributed by atoms with Gasteiger partial charge in [-0.05, 0) is 71.2 Å². The van der Waals surface area contributed by atoms with Crippen molar-refractivity contribution < 1.29 is 23.8 Å². The highest BCUT2D eigenvalue weighted by atomic mass is 16.6. The predicted molar refractivity (Wildman–Crippen MR) is 141 cm³/mol. The molecule has 2 aromatic carbocycles. The number of carbonyl (C=O) groups excluding carboxylic acids is 2. The Kier molecular flexibility index (Phi) is 10.2. The highest BCUT2D eigenvalue weighted by molar-refractivity contribution is 5.69. The molecule has 0 fully saturated rings. The van der Waals surface area contributed by atoms with E-state index in [9.17, 15) is 9.59 Å². The second kappa shape index (κ2) is 12.6. The second-order valence-electron chi connectivity index (χ2n) is 10.8. The first-order valence-corrected chi connectivity index (χ1v) is 12.2. The van der Waals surface area contributed by atoms with Crippen LogP contribution < -0.4 is 15.8 Å². The van der Waals surface area contributed by atoms with Crippen LogP contribution in [0.25, 0.3) is 0 Å². The van der Waals surface area contributed by atoms with Gasteiger partial charge in [-0.25, -0.2) is 9.59 Å². The Morgan fingerprint density at radius 1 is 0.917 bits per heavy atom. The number of nitrogens with one attached hydrogen (secondary N) is 1. The summed E-state index contributed by atoms with van der Waals surface area (Å²) < 4.78 is 16.5. The van der Waals surface area contributed by atoms with Crippen molar-refractivity contribution in [3.63, 3.8) is 0 Å². The summed E-state index contributed by atoms with van der Waals surface area (Å²) in [6, 6.07) is 16.1. The van der Waals surface area contributed by atoms with E-state index in [4.69, 9.17) is 19.9 Å². The van der Waals surface area contributed by atoms with E-state index in [0.29, 0.717) is 12.2 Å². The minimum Gasteiger partial charge on any atom is -0.497 e. The van der Waals surface area contributed by atoms with Crippen LogP contribution in [0.2, 0.25) is 0 Å². The number of hydrogen-bond donors (Lipinski definition) is 2. The van der Waals surface area contributed by atoms with Crippen LogP contribution in [0, 0.1) is 0 Å². The third kappa shape index (κ3) is 10.6. The zero-order chi connectivity index (χ0) is 26.9. The first-order chi connectivity index (χ1) is 16.8. The maximum atomic E-state index is 13.1. The average Bonchev–Trinajstić information content (AvgIpc) is 2.76. The molecule has 0 saturated carbocycles. The molecule has 36 heavy (non-hydrogen) atoms. The fraction of sp³-hybridized carbons (Fsp3) is 0.500. The van der Waals surface area contributed by atoms with E-state index in [-0.39, 0.29) is 13.1 Å². The van der Waals surface area contributed by atoms with Gasteiger partial charge in [0.1, 0.15) is 17.0 Å². The van der Waals surface area contributed by atoms with E-state index in [0.717, 1.165) is 11.1 Å². The molecule has 0 aliphatic carbocycles. The number of ether oxygens (including phenoxy) is 3. The molecule has 2 aromatic rings. The molecule has 0 heterocycles. The van der Waals surface area contributed by atoms with Crippen molar-refractivity contribution in [1.82, 2.24) is 10.2 Å². The van der Waals surface area contributed by atoms with Crippen molar-refractivity contribution in [3.8, 4) is 5.75 Å². The topological polar surface area (TPSA) is 103 Å². The van der Waals surface area contributed by atoms with Gasteiger partial charge in [0, 0.05) is 19.1 Å². The van der Waals surface area contributed by atoms with Gasteiger partial charge in [0.05, 0.1) is 13.2 Å². The summed E-state index contributed by atoms with van der Waals surface area (Å²) >= 11 is 0. The third-order valence-corrected chi connectivity index (χ3v) is 5.11.